The second-order valence-corrected chi connectivity index (χ2v) is 6.05. The molecule has 3 heterocycles. The van der Waals surface area contributed by atoms with Crippen molar-refractivity contribution in [2.45, 2.75) is 26.8 Å². The lowest BCUT2D eigenvalue weighted by Crippen LogP contribution is -2.46. The molecule has 0 spiro atoms. The number of piperazine rings is 1. The third-order valence-corrected chi connectivity index (χ3v) is 4.31. The first-order valence-electron chi connectivity index (χ1n) is 8.09. The number of aryl methyl sites for hydroxylation is 3. The third kappa shape index (κ3) is 3.12. The van der Waals surface area contributed by atoms with Gasteiger partial charge in [-0.2, -0.15) is 5.10 Å². The molecule has 0 radical (unpaired) electrons. The van der Waals surface area contributed by atoms with Gasteiger partial charge >= 0.3 is 5.69 Å². The third-order valence-electron chi connectivity index (χ3n) is 4.31. The molecule has 0 unspecified atom stereocenters. The molecule has 1 aliphatic rings. The van der Waals surface area contributed by atoms with Crippen LogP contribution in [0.15, 0.2) is 10.6 Å². The van der Waals surface area contributed by atoms with Crippen LogP contribution in [-0.2, 0) is 20.0 Å². The molecule has 3 rings (SSSR count). The zero-order valence-corrected chi connectivity index (χ0v) is 14.2. The van der Waals surface area contributed by atoms with E-state index in [0.717, 1.165) is 37.6 Å². The molecule has 0 atom stereocenters. The summed E-state index contributed by atoms with van der Waals surface area (Å²) in [5.41, 5.74) is 1.55. The fourth-order valence-electron chi connectivity index (χ4n) is 3.17. The van der Waals surface area contributed by atoms with Gasteiger partial charge in [-0.15, -0.1) is 0 Å². The van der Waals surface area contributed by atoms with Gasteiger partial charge in [0.15, 0.2) is 5.76 Å². The standard InChI is InChI=1S/C15H22N6O3/c1-4-13-14(21(22)23)15(18(3)16-13)20-7-5-19(6-8-20)10-12-9-11(2)17-24-12/h9H,4-8,10H2,1-3H3. The lowest BCUT2D eigenvalue weighted by atomic mass is 10.2. The van der Waals surface area contributed by atoms with Crippen LogP contribution in [0.3, 0.4) is 0 Å². The molecule has 1 aliphatic heterocycles. The number of aromatic nitrogens is 3. The van der Waals surface area contributed by atoms with E-state index in [0.29, 0.717) is 24.5 Å². The zero-order chi connectivity index (χ0) is 17.3. The fourth-order valence-corrected chi connectivity index (χ4v) is 3.17. The molecule has 0 aromatic carbocycles. The summed E-state index contributed by atoms with van der Waals surface area (Å²) in [5.74, 6) is 1.45. The lowest BCUT2D eigenvalue weighted by Gasteiger charge is -2.34. The van der Waals surface area contributed by atoms with Gasteiger partial charge in [0.05, 0.1) is 17.2 Å². The molecule has 2 aromatic rings. The van der Waals surface area contributed by atoms with Crippen molar-refractivity contribution in [2.75, 3.05) is 31.1 Å². The van der Waals surface area contributed by atoms with E-state index in [1.54, 1.807) is 11.7 Å². The second-order valence-electron chi connectivity index (χ2n) is 6.05. The highest BCUT2D eigenvalue weighted by atomic mass is 16.6. The highest BCUT2D eigenvalue weighted by Crippen LogP contribution is 2.32. The van der Waals surface area contributed by atoms with E-state index in [4.69, 9.17) is 4.52 Å². The Labute approximate surface area is 140 Å². The Balaban J connectivity index is 1.70. The van der Waals surface area contributed by atoms with Gasteiger partial charge in [-0.3, -0.25) is 15.0 Å². The topological polar surface area (TPSA) is 93.5 Å². The van der Waals surface area contributed by atoms with Gasteiger partial charge in [-0.25, -0.2) is 4.68 Å². The van der Waals surface area contributed by atoms with Crippen LogP contribution in [0.5, 0.6) is 0 Å². The zero-order valence-electron chi connectivity index (χ0n) is 14.2. The average molecular weight is 334 g/mol. The largest absolute Gasteiger partial charge is 0.360 e. The van der Waals surface area contributed by atoms with Crippen LogP contribution in [-0.4, -0.2) is 50.9 Å². The summed E-state index contributed by atoms with van der Waals surface area (Å²) in [4.78, 5) is 15.5. The predicted octanol–water partition coefficient (Wildman–Crippen LogP) is 1.51. The van der Waals surface area contributed by atoms with Crippen molar-refractivity contribution in [1.29, 1.82) is 0 Å². The van der Waals surface area contributed by atoms with Crippen molar-refractivity contribution in [3.8, 4) is 0 Å². The van der Waals surface area contributed by atoms with Crippen molar-refractivity contribution >= 4 is 11.5 Å². The van der Waals surface area contributed by atoms with Crippen molar-refractivity contribution in [2.24, 2.45) is 7.05 Å². The van der Waals surface area contributed by atoms with Crippen LogP contribution in [0, 0.1) is 17.0 Å². The Hall–Kier alpha value is -2.42. The molecule has 0 amide bonds. The summed E-state index contributed by atoms with van der Waals surface area (Å²) in [6.07, 6.45) is 0.551. The highest BCUT2D eigenvalue weighted by Gasteiger charge is 2.31. The van der Waals surface area contributed by atoms with Crippen molar-refractivity contribution < 1.29 is 9.45 Å². The van der Waals surface area contributed by atoms with Gasteiger partial charge in [0.2, 0.25) is 5.82 Å². The second kappa shape index (κ2) is 6.60. The maximum absolute atomic E-state index is 11.5. The van der Waals surface area contributed by atoms with E-state index in [9.17, 15) is 10.1 Å². The van der Waals surface area contributed by atoms with Gasteiger partial charge < -0.3 is 9.42 Å². The highest BCUT2D eigenvalue weighted by molar-refractivity contribution is 5.61. The maximum atomic E-state index is 11.5. The Morgan fingerprint density at radius 3 is 2.58 bits per heavy atom. The Morgan fingerprint density at radius 2 is 2.04 bits per heavy atom. The summed E-state index contributed by atoms with van der Waals surface area (Å²) >= 11 is 0. The smallest absolute Gasteiger partial charge is 0.334 e. The lowest BCUT2D eigenvalue weighted by molar-refractivity contribution is -0.384. The molecule has 130 valence electrons. The number of nitrogens with zero attached hydrogens (tertiary/aromatic N) is 6. The minimum atomic E-state index is -0.315. The van der Waals surface area contributed by atoms with Crippen molar-refractivity contribution in [1.82, 2.24) is 19.8 Å². The van der Waals surface area contributed by atoms with Crippen LogP contribution in [0.25, 0.3) is 0 Å². The summed E-state index contributed by atoms with van der Waals surface area (Å²) in [6, 6.07) is 1.94. The van der Waals surface area contributed by atoms with E-state index in [2.05, 4.69) is 15.2 Å². The number of hydrogen-bond donors (Lipinski definition) is 0. The minimum Gasteiger partial charge on any atom is -0.360 e. The van der Waals surface area contributed by atoms with Crippen molar-refractivity contribution in [3.05, 3.63) is 33.3 Å². The monoisotopic (exact) mass is 334 g/mol. The molecule has 1 saturated heterocycles. The first-order valence-corrected chi connectivity index (χ1v) is 8.09. The Morgan fingerprint density at radius 1 is 1.33 bits per heavy atom. The Bertz CT molecular complexity index is 730. The molecule has 0 N–H and O–H groups in total. The molecular weight excluding hydrogens is 312 g/mol. The fraction of sp³-hybridized carbons (Fsp3) is 0.600. The normalized spacial score (nSPS) is 15.9. The van der Waals surface area contributed by atoms with Crippen LogP contribution >= 0.6 is 0 Å². The first-order chi connectivity index (χ1) is 11.5. The van der Waals surface area contributed by atoms with E-state index in [1.165, 1.54) is 0 Å². The number of rotatable bonds is 5. The van der Waals surface area contributed by atoms with Crippen LogP contribution in [0.1, 0.15) is 24.1 Å². The number of nitro groups is 1. The maximum Gasteiger partial charge on any atom is 0.334 e. The molecule has 2 aromatic heterocycles. The summed E-state index contributed by atoms with van der Waals surface area (Å²) in [5, 5.41) is 19.7. The van der Waals surface area contributed by atoms with E-state index in [1.807, 2.05) is 24.8 Å². The predicted molar refractivity (Wildman–Crippen MR) is 88.0 cm³/mol. The SMILES string of the molecule is CCc1nn(C)c(N2CCN(Cc3cc(C)no3)CC2)c1[N+](=O)[O-]. The number of hydrogen-bond acceptors (Lipinski definition) is 7. The molecular formula is C15H22N6O3. The molecule has 24 heavy (non-hydrogen) atoms. The van der Waals surface area contributed by atoms with Crippen LogP contribution in [0.2, 0.25) is 0 Å². The summed E-state index contributed by atoms with van der Waals surface area (Å²) < 4.78 is 6.89. The van der Waals surface area contributed by atoms with E-state index in [-0.39, 0.29) is 10.6 Å². The van der Waals surface area contributed by atoms with Gasteiger partial charge in [0.25, 0.3) is 0 Å². The van der Waals surface area contributed by atoms with Gasteiger partial charge in [0, 0.05) is 39.3 Å². The van der Waals surface area contributed by atoms with E-state index >= 15 is 0 Å². The average Bonchev–Trinajstić information content (AvgIpc) is 3.11. The molecule has 9 heteroatoms. The molecule has 0 bridgehead atoms. The quantitative estimate of drug-likeness (QED) is 0.604. The first kappa shape index (κ1) is 16.4. The summed E-state index contributed by atoms with van der Waals surface area (Å²) in [7, 11) is 1.77. The Kier molecular flexibility index (Phi) is 4.52. The van der Waals surface area contributed by atoms with Crippen LogP contribution in [0.4, 0.5) is 11.5 Å². The number of anilines is 1. The summed E-state index contributed by atoms with van der Waals surface area (Å²) in [6.45, 7) is 7.55. The molecule has 1 fully saturated rings. The van der Waals surface area contributed by atoms with Crippen molar-refractivity contribution in [3.63, 3.8) is 0 Å². The van der Waals surface area contributed by atoms with Gasteiger partial charge in [0.1, 0.15) is 5.69 Å². The molecule has 9 nitrogen and oxygen atoms in total. The molecule has 0 saturated carbocycles. The van der Waals surface area contributed by atoms with Gasteiger partial charge in [-0.1, -0.05) is 12.1 Å². The molecule has 0 aliphatic carbocycles. The van der Waals surface area contributed by atoms with E-state index < -0.39 is 0 Å². The van der Waals surface area contributed by atoms with Crippen LogP contribution < -0.4 is 4.90 Å². The van der Waals surface area contributed by atoms with Gasteiger partial charge in [-0.05, 0) is 13.3 Å². The minimum absolute atomic E-state index is 0.138.